The Morgan fingerprint density at radius 1 is 1.07 bits per heavy atom. The highest BCUT2D eigenvalue weighted by Crippen LogP contribution is 2.55. The van der Waals surface area contributed by atoms with Crippen LogP contribution >= 0.6 is 0 Å². The van der Waals surface area contributed by atoms with Crippen molar-refractivity contribution in [1.29, 1.82) is 21.2 Å². The van der Waals surface area contributed by atoms with Gasteiger partial charge in [-0.15, -0.1) is 0 Å². The third-order valence-corrected chi connectivity index (χ3v) is 6.37. The molecule has 1 fully saturated rings. The van der Waals surface area contributed by atoms with E-state index in [0.717, 1.165) is 24.0 Å². The number of nitrogens with zero attached hydrogens (tertiary/aromatic N) is 3. The molecule has 0 radical (unpaired) electrons. The minimum absolute atomic E-state index is 0.00959. The molecule has 142 valence electrons. The highest BCUT2D eigenvalue weighted by atomic mass is 14.7. The maximum atomic E-state index is 10.1. The van der Waals surface area contributed by atoms with Crippen LogP contribution in [0.3, 0.4) is 0 Å². The number of benzene rings is 1. The molecule has 0 saturated heterocycles. The minimum Gasteiger partial charge on any atom is -0.305 e. The summed E-state index contributed by atoms with van der Waals surface area (Å²) in [4.78, 5) is 0. The smallest absolute Gasteiger partial charge is 0.189 e. The van der Waals surface area contributed by atoms with E-state index in [9.17, 15) is 15.8 Å². The maximum Gasteiger partial charge on any atom is 0.189 e. The summed E-state index contributed by atoms with van der Waals surface area (Å²) in [6.07, 6.45) is 3.78. The number of fused-ring (bicyclic) bond motifs is 1. The molecular formula is C24H26N4. The fraction of sp³-hybridized carbons (Fsp3) is 0.500. The third kappa shape index (κ3) is 2.93. The van der Waals surface area contributed by atoms with Crippen LogP contribution in [0.25, 0.3) is 0 Å². The minimum atomic E-state index is -1.61. The van der Waals surface area contributed by atoms with Crippen molar-refractivity contribution in [2.24, 2.45) is 23.2 Å². The number of allylic oxidation sites excluding steroid dienone is 2. The molecule has 4 heteroatoms. The molecular weight excluding hydrogens is 344 g/mol. The molecule has 0 heterocycles. The van der Waals surface area contributed by atoms with Crippen molar-refractivity contribution >= 4 is 5.71 Å². The maximum absolute atomic E-state index is 10.1. The molecule has 1 aromatic rings. The molecule has 0 bridgehead atoms. The summed E-state index contributed by atoms with van der Waals surface area (Å²) in [5, 5.41) is 38.5. The molecule has 0 aromatic heterocycles. The fourth-order valence-electron chi connectivity index (χ4n) is 4.77. The van der Waals surface area contributed by atoms with Crippen molar-refractivity contribution in [1.82, 2.24) is 0 Å². The summed E-state index contributed by atoms with van der Waals surface area (Å²) in [7, 11) is 0. The molecule has 28 heavy (non-hydrogen) atoms. The zero-order valence-corrected chi connectivity index (χ0v) is 17.0. The average molecular weight is 371 g/mol. The van der Waals surface area contributed by atoms with Crippen molar-refractivity contribution in [3.05, 3.63) is 47.0 Å². The van der Waals surface area contributed by atoms with Crippen molar-refractivity contribution in [2.45, 2.75) is 51.9 Å². The first-order valence-electron chi connectivity index (χ1n) is 9.81. The second-order valence-electron chi connectivity index (χ2n) is 9.24. The SMILES string of the molecule is C[C@@H]1CC=C2C(C#N)C(=N)C(C#N)(C#N)[C@H](c3ccc(C(C)(C)C)cc3)[C@H]2C1. The van der Waals surface area contributed by atoms with Crippen molar-refractivity contribution in [3.63, 3.8) is 0 Å². The van der Waals surface area contributed by atoms with Gasteiger partial charge in [-0.2, -0.15) is 15.8 Å². The summed E-state index contributed by atoms with van der Waals surface area (Å²) >= 11 is 0. The second-order valence-corrected chi connectivity index (χ2v) is 9.24. The van der Waals surface area contributed by atoms with E-state index < -0.39 is 17.3 Å². The Morgan fingerprint density at radius 2 is 1.68 bits per heavy atom. The third-order valence-electron chi connectivity index (χ3n) is 6.37. The van der Waals surface area contributed by atoms with Crippen LogP contribution in [0.1, 0.15) is 57.6 Å². The number of rotatable bonds is 1. The topological polar surface area (TPSA) is 95.2 Å². The Bertz CT molecular complexity index is 927. The van der Waals surface area contributed by atoms with Crippen LogP contribution in [-0.2, 0) is 5.41 Å². The first-order chi connectivity index (χ1) is 13.2. The Hall–Kier alpha value is -2.90. The van der Waals surface area contributed by atoms with E-state index in [2.05, 4.69) is 64.1 Å². The van der Waals surface area contributed by atoms with Gasteiger partial charge in [0.2, 0.25) is 0 Å². The lowest BCUT2D eigenvalue weighted by atomic mass is 9.52. The first-order valence-corrected chi connectivity index (χ1v) is 9.81. The molecule has 2 aliphatic rings. The molecule has 0 amide bonds. The molecule has 1 unspecified atom stereocenters. The molecule has 4 atom stereocenters. The second kappa shape index (κ2) is 6.92. The Kier molecular flexibility index (Phi) is 4.91. The molecule has 3 rings (SSSR count). The van der Waals surface area contributed by atoms with Gasteiger partial charge in [0.1, 0.15) is 5.92 Å². The quantitative estimate of drug-likeness (QED) is 0.684. The predicted octanol–water partition coefficient (Wildman–Crippen LogP) is 5.25. The molecule has 0 aliphatic heterocycles. The van der Waals surface area contributed by atoms with E-state index in [0.29, 0.717) is 5.92 Å². The monoisotopic (exact) mass is 370 g/mol. The fourth-order valence-corrected chi connectivity index (χ4v) is 4.77. The van der Waals surface area contributed by atoms with E-state index in [-0.39, 0.29) is 17.0 Å². The molecule has 0 spiro atoms. The summed E-state index contributed by atoms with van der Waals surface area (Å²) in [6, 6.07) is 14.6. The largest absolute Gasteiger partial charge is 0.305 e. The zero-order valence-electron chi connectivity index (χ0n) is 17.0. The Balaban J connectivity index is 2.21. The van der Waals surface area contributed by atoms with Crippen molar-refractivity contribution < 1.29 is 0 Å². The van der Waals surface area contributed by atoms with Gasteiger partial charge in [-0.25, -0.2) is 0 Å². The summed E-state index contributed by atoms with van der Waals surface area (Å²) in [6.45, 7) is 8.60. The van der Waals surface area contributed by atoms with E-state index >= 15 is 0 Å². The Labute approximate surface area is 167 Å². The van der Waals surface area contributed by atoms with Crippen LogP contribution in [0, 0.1) is 62.6 Å². The van der Waals surface area contributed by atoms with Crippen LogP contribution in [0.4, 0.5) is 0 Å². The average Bonchev–Trinajstić information content (AvgIpc) is 2.67. The van der Waals surface area contributed by atoms with Gasteiger partial charge in [-0.05, 0) is 46.8 Å². The van der Waals surface area contributed by atoms with Gasteiger partial charge in [0, 0.05) is 5.92 Å². The van der Waals surface area contributed by atoms with E-state index in [1.54, 1.807) is 0 Å². The van der Waals surface area contributed by atoms with E-state index in [1.165, 1.54) is 5.56 Å². The predicted molar refractivity (Wildman–Crippen MR) is 108 cm³/mol. The van der Waals surface area contributed by atoms with Gasteiger partial charge in [-0.1, -0.05) is 58.0 Å². The number of hydrogen-bond donors (Lipinski definition) is 1. The first kappa shape index (κ1) is 19.9. The van der Waals surface area contributed by atoms with Gasteiger partial charge in [0.25, 0.3) is 0 Å². The molecule has 1 saturated carbocycles. The highest BCUT2D eigenvalue weighted by Gasteiger charge is 2.57. The van der Waals surface area contributed by atoms with E-state index in [1.807, 2.05) is 12.1 Å². The molecule has 4 nitrogen and oxygen atoms in total. The lowest BCUT2D eigenvalue weighted by Gasteiger charge is -2.46. The zero-order chi connectivity index (χ0) is 20.7. The van der Waals surface area contributed by atoms with Gasteiger partial charge in [0.05, 0.1) is 23.9 Å². The van der Waals surface area contributed by atoms with Crippen molar-refractivity contribution in [3.8, 4) is 18.2 Å². The van der Waals surface area contributed by atoms with Crippen molar-refractivity contribution in [2.75, 3.05) is 0 Å². The van der Waals surface area contributed by atoms with Gasteiger partial charge < -0.3 is 5.41 Å². The number of nitriles is 3. The molecule has 1 N–H and O–H groups in total. The van der Waals surface area contributed by atoms with Crippen LogP contribution in [0.15, 0.2) is 35.9 Å². The van der Waals surface area contributed by atoms with E-state index in [4.69, 9.17) is 5.41 Å². The normalized spacial score (nSPS) is 28.9. The van der Waals surface area contributed by atoms with Gasteiger partial charge >= 0.3 is 0 Å². The van der Waals surface area contributed by atoms with Gasteiger partial charge in [-0.3, -0.25) is 0 Å². The number of hydrogen-bond acceptors (Lipinski definition) is 4. The lowest BCUT2D eigenvalue weighted by molar-refractivity contribution is 0.283. The Morgan fingerprint density at radius 3 is 2.18 bits per heavy atom. The standard InChI is InChI=1S/C24H26N4/c1-15-5-10-18-19(11-15)21(16-6-8-17(9-7-16)23(2,3)4)24(13-26,14-27)22(28)20(18)12-25/h6-10,15,19-21,28H,5,11H2,1-4H3/t15-,19+,20?,21-/m1/s1. The number of nitrogens with one attached hydrogen (secondary N) is 1. The highest BCUT2D eigenvalue weighted by molar-refractivity contribution is 6.00. The van der Waals surface area contributed by atoms with Crippen LogP contribution in [0.5, 0.6) is 0 Å². The molecule has 2 aliphatic carbocycles. The molecule has 1 aromatic carbocycles. The summed E-state index contributed by atoms with van der Waals surface area (Å²) in [5.41, 5.74) is 1.35. The lowest BCUT2D eigenvalue weighted by Crippen LogP contribution is -2.49. The van der Waals surface area contributed by atoms with Crippen LogP contribution in [0.2, 0.25) is 0 Å². The summed E-state index contributed by atoms with van der Waals surface area (Å²) < 4.78 is 0. The summed E-state index contributed by atoms with van der Waals surface area (Å²) in [5.74, 6) is -0.849. The van der Waals surface area contributed by atoms with Crippen LogP contribution in [-0.4, -0.2) is 5.71 Å². The van der Waals surface area contributed by atoms with Crippen LogP contribution < -0.4 is 0 Å². The van der Waals surface area contributed by atoms with Gasteiger partial charge in [0.15, 0.2) is 5.41 Å².